The van der Waals surface area contributed by atoms with E-state index in [0.29, 0.717) is 17.3 Å². The monoisotopic (exact) mass is 214 g/mol. The molecule has 0 unspecified atom stereocenters. The Morgan fingerprint density at radius 2 is 2.36 bits per heavy atom. The van der Waals surface area contributed by atoms with Crippen molar-refractivity contribution in [3.63, 3.8) is 0 Å². The first-order valence-corrected chi connectivity index (χ1v) is 4.55. The van der Waals surface area contributed by atoms with Crippen LogP contribution in [0.15, 0.2) is 12.4 Å². The first-order valence-electron chi connectivity index (χ1n) is 4.17. The number of methoxy groups -OCH3 is 1. The van der Waals surface area contributed by atoms with E-state index in [1.807, 2.05) is 0 Å². The summed E-state index contributed by atoms with van der Waals surface area (Å²) in [5, 5.41) is 0.333. The van der Waals surface area contributed by atoms with Gasteiger partial charge < -0.3 is 4.74 Å². The van der Waals surface area contributed by atoms with Crippen molar-refractivity contribution in [1.82, 2.24) is 9.97 Å². The van der Waals surface area contributed by atoms with Crippen LogP contribution in [0.2, 0.25) is 5.15 Å². The summed E-state index contributed by atoms with van der Waals surface area (Å²) in [6.07, 6.45) is 3.53. The summed E-state index contributed by atoms with van der Waals surface area (Å²) in [5.41, 5.74) is 0.690. The molecule has 0 aliphatic rings. The Morgan fingerprint density at radius 1 is 1.64 bits per heavy atom. The second-order valence-corrected chi connectivity index (χ2v) is 3.35. The summed E-state index contributed by atoms with van der Waals surface area (Å²) in [6, 6.07) is 0. The van der Waals surface area contributed by atoms with Gasteiger partial charge >= 0.3 is 5.97 Å². The number of ether oxygens (including phenoxy) is 1. The van der Waals surface area contributed by atoms with E-state index in [9.17, 15) is 4.79 Å². The highest BCUT2D eigenvalue weighted by Gasteiger charge is 2.14. The predicted octanol–water partition coefficient (Wildman–Crippen LogP) is 1.48. The molecule has 0 amide bonds. The zero-order valence-electron chi connectivity index (χ0n) is 8.03. The molecular weight excluding hydrogens is 204 g/mol. The molecule has 0 bridgehead atoms. The van der Waals surface area contributed by atoms with Gasteiger partial charge in [0.15, 0.2) is 0 Å². The molecule has 4 nitrogen and oxygen atoms in total. The summed E-state index contributed by atoms with van der Waals surface area (Å²) in [6.45, 7) is 1.77. The van der Waals surface area contributed by atoms with Gasteiger partial charge in [-0.3, -0.25) is 9.78 Å². The highest BCUT2D eigenvalue weighted by Crippen LogP contribution is 2.09. The molecule has 0 saturated heterocycles. The molecule has 1 rings (SSSR count). The summed E-state index contributed by atoms with van der Waals surface area (Å²) >= 11 is 5.65. The molecule has 1 heterocycles. The number of halogens is 1. The van der Waals surface area contributed by atoms with Gasteiger partial charge in [-0.1, -0.05) is 18.5 Å². The molecule has 0 fully saturated rings. The van der Waals surface area contributed by atoms with Gasteiger partial charge in [-0.05, 0) is 0 Å². The maximum atomic E-state index is 11.1. The number of rotatable bonds is 3. The molecule has 0 spiro atoms. The molecule has 14 heavy (non-hydrogen) atoms. The van der Waals surface area contributed by atoms with Crippen molar-refractivity contribution < 1.29 is 9.53 Å². The highest BCUT2D eigenvalue weighted by molar-refractivity contribution is 6.29. The van der Waals surface area contributed by atoms with Crippen molar-refractivity contribution in [3.8, 4) is 0 Å². The lowest BCUT2D eigenvalue weighted by atomic mass is 10.1. The number of esters is 1. The maximum absolute atomic E-state index is 11.1. The van der Waals surface area contributed by atoms with E-state index < -0.39 is 0 Å². The van der Waals surface area contributed by atoms with Crippen molar-refractivity contribution in [2.45, 2.75) is 13.3 Å². The molecule has 0 N–H and O–H groups in total. The van der Waals surface area contributed by atoms with Gasteiger partial charge in [0.05, 0.1) is 24.9 Å². The molecule has 0 saturated carbocycles. The van der Waals surface area contributed by atoms with Crippen molar-refractivity contribution in [3.05, 3.63) is 23.2 Å². The normalized spacial score (nSPS) is 12.2. The number of nitrogens with zero attached hydrogens (tertiary/aromatic N) is 2. The summed E-state index contributed by atoms with van der Waals surface area (Å²) in [4.78, 5) is 19.0. The van der Waals surface area contributed by atoms with E-state index in [2.05, 4.69) is 14.7 Å². The van der Waals surface area contributed by atoms with Crippen LogP contribution < -0.4 is 0 Å². The van der Waals surface area contributed by atoms with Crippen LogP contribution in [0.25, 0.3) is 0 Å². The van der Waals surface area contributed by atoms with Gasteiger partial charge in [0.25, 0.3) is 0 Å². The Labute approximate surface area is 87.3 Å². The SMILES string of the molecule is COC(=O)[C@@H](C)Cc1cncc(Cl)n1. The van der Waals surface area contributed by atoms with Crippen molar-refractivity contribution in [2.75, 3.05) is 7.11 Å². The van der Waals surface area contributed by atoms with E-state index >= 15 is 0 Å². The molecule has 1 aromatic heterocycles. The van der Waals surface area contributed by atoms with Gasteiger partial charge in [0.2, 0.25) is 0 Å². The van der Waals surface area contributed by atoms with Crippen LogP contribution in [0, 0.1) is 5.92 Å². The fourth-order valence-electron chi connectivity index (χ4n) is 1.08. The molecule has 76 valence electrons. The average molecular weight is 215 g/mol. The second kappa shape index (κ2) is 4.91. The molecule has 0 aliphatic carbocycles. The van der Waals surface area contributed by atoms with Gasteiger partial charge in [0.1, 0.15) is 5.15 Å². The number of hydrogen-bond acceptors (Lipinski definition) is 4. The molecular formula is C9H11ClN2O2. The van der Waals surface area contributed by atoms with E-state index in [-0.39, 0.29) is 11.9 Å². The molecule has 1 aromatic rings. The Bertz CT molecular complexity index is 330. The van der Waals surface area contributed by atoms with Crippen molar-refractivity contribution in [2.24, 2.45) is 5.92 Å². The van der Waals surface area contributed by atoms with Crippen molar-refractivity contribution in [1.29, 1.82) is 0 Å². The lowest BCUT2D eigenvalue weighted by Crippen LogP contribution is -2.15. The van der Waals surface area contributed by atoms with E-state index in [4.69, 9.17) is 11.6 Å². The number of carbonyl (C=O) groups is 1. The molecule has 0 aliphatic heterocycles. The van der Waals surface area contributed by atoms with Gasteiger partial charge in [-0.2, -0.15) is 0 Å². The molecule has 1 atom stereocenters. The average Bonchev–Trinajstić information content (AvgIpc) is 2.16. The minimum Gasteiger partial charge on any atom is -0.469 e. The summed E-state index contributed by atoms with van der Waals surface area (Å²) < 4.78 is 4.59. The standard InChI is InChI=1S/C9H11ClN2O2/c1-6(9(13)14-2)3-7-4-11-5-8(10)12-7/h4-6H,3H2,1-2H3/t6-/m0/s1. The first-order chi connectivity index (χ1) is 6.63. The number of carbonyl (C=O) groups excluding carboxylic acids is 1. The summed E-state index contributed by atoms with van der Waals surface area (Å²) in [7, 11) is 1.36. The van der Waals surface area contributed by atoms with Crippen molar-refractivity contribution >= 4 is 17.6 Å². The van der Waals surface area contributed by atoms with Crippen LogP contribution in [0.3, 0.4) is 0 Å². The lowest BCUT2D eigenvalue weighted by molar-refractivity contribution is -0.144. The topological polar surface area (TPSA) is 52.1 Å². The van der Waals surface area contributed by atoms with Crippen LogP contribution in [0.1, 0.15) is 12.6 Å². The molecule has 5 heteroatoms. The largest absolute Gasteiger partial charge is 0.469 e. The van der Waals surface area contributed by atoms with E-state index in [1.54, 1.807) is 13.1 Å². The number of aromatic nitrogens is 2. The van der Waals surface area contributed by atoms with Gasteiger partial charge in [-0.15, -0.1) is 0 Å². The highest BCUT2D eigenvalue weighted by atomic mass is 35.5. The molecule has 0 radical (unpaired) electrons. The van der Waals surface area contributed by atoms with E-state index in [0.717, 1.165) is 0 Å². The second-order valence-electron chi connectivity index (χ2n) is 2.96. The molecule has 0 aromatic carbocycles. The summed E-state index contributed by atoms with van der Waals surface area (Å²) in [5.74, 6) is -0.487. The van der Waals surface area contributed by atoms with Gasteiger partial charge in [-0.25, -0.2) is 4.98 Å². The van der Waals surface area contributed by atoms with E-state index in [1.165, 1.54) is 13.3 Å². The van der Waals surface area contributed by atoms with Gasteiger partial charge in [0, 0.05) is 12.6 Å². The van der Waals surface area contributed by atoms with Crippen LogP contribution in [0.4, 0.5) is 0 Å². The fourth-order valence-corrected chi connectivity index (χ4v) is 1.24. The third kappa shape index (κ3) is 2.96. The quantitative estimate of drug-likeness (QED) is 0.716. The Morgan fingerprint density at radius 3 is 2.93 bits per heavy atom. The lowest BCUT2D eigenvalue weighted by Gasteiger charge is -2.07. The maximum Gasteiger partial charge on any atom is 0.308 e. The Hall–Kier alpha value is -1.16. The zero-order chi connectivity index (χ0) is 10.6. The number of hydrogen-bond donors (Lipinski definition) is 0. The zero-order valence-corrected chi connectivity index (χ0v) is 8.78. The third-order valence-corrected chi connectivity index (χ3v) is 1.96. The van der Waals surface area contributed by atoms with Crippen LogP contribution in [-0.2, 0) is 16.0 Å². The fraction of sp³-hybridized carbons (Fsp3) is 0.444. The smallest absolute Gasteiger partial charge is 0.308 e. The first kappa shape index (κ1) is 10.9. The van der Waals surface area contributed by atoms with Crippen LogP contribution in [0.5, 0.6) is 0 Å². The van der Waals surface area contributed by atoms with Crippen LogP contribution >= 0.6 is 11.6 Å². The minimum absolute atomic E-state index is 0.229. The predicted molar refractivity (Wildman–Crippen MR) is 51.9 cm³/mol. The third-order valence-electron chi connectivity index (χ3n) is 1.77. The Balaban J connectivity index is 2.64. The minimum atomic E-state index is -0.258. The Kier molecular flexibility index (Phi) is 3.83. The van der Waals surface area contributed by atoms with Crippen LogP contribution in [-0.4, -0.2) is 23.0 Å².